The van der Waals surface area contributed by atoms with Crippen LogP contribution in [0.25, 0.3) is 11.4 Å². The van der Waals surface area contributed by atoms with Crippen molar-refractivity contribution < 1.29 is 9.47 Å². The van der Waals surface area contributed by atoms with Crippen LogP contribution in [0, 0.1) is 0 Å². The second-order valence-electron chi connectivity index (χ2n) is 6.77. The molecule has 0 spiro atoms. The van der Waals surface area contributed by atoms with Gasteiger partial charge in [-0.05, 0) is 25.7 Å². The molecule has 2 saturated heterocycles. The molecule has 2 N–H and O–H groups in total. The van der Waals surface area contributed by atoms with Crippen LogP contribution < -0.4 is 15.4 Å². The summed E-state index contributed by atoms with van der Waals surface area (Å²) >= 11 is 0. The van der Waals surface area contributed by atoms with Crippen molar-refractivity contribution in [3.05, 3.63) is 18.0 Å². The molecule has 2 bridgehead atoms. The van der Waals surface area contributed by atoms with E-state index in [1.165, 1.54) is 0 Å². The van der Waals surface area contributed by atoms with E-state index in [9.17, 15) is 0 Å². The highest BCUT2D eigenvalue weighted by Crippen LogP contribution is 2.39. The smallest absolute Gasteiger partial charge is 0.222 e. The predicted molar refractivity (Wildman–Crippen MR) is 91.4 cm³/mol. The summed E-state index contributed by atoms with van der Waals surface area (Å²) in [6.07, 6.45) is 7.54. The fourth-order valence-corrected chi connectivity index (χ4v) is 3.98. The zero-order valence-electron chi connectivity index (χ0n) is 13.9. The molecule has 2 fully saturated rings. The van der Waals surface area contributed by atoms with Gasteiger partial charge < -0.3 is 20.1 Å². The number of hydrogen-bond acceptors (Lipinski definition) is 8. The third-order valence-corrected chi connectivity index (χ3v) is 5.17. The van der Waals surface area contributed by atoms with Crippen LogP contribution in [0.2, 0.25) is 0 Å². The molecule has 130 valence electrons. The van der Waals surface area contributed by atoms with Crippen molar-refractivity contribution in [3.63, 3.8) is 0 Å². The van der Waals surface area contributed by atoms with E-state index < -0.39 is 0 Å². The van der Waals surface area contributed by atoms with Crippen LogP contribution in [-0.4, -0.2) is 51.8 Å². The summed E-state index contributed by atoms with van der Waals surface area (Å²) in [7, 11) is 0. The van der Waals surface area contributed by atoms with Crippen molar-refractivity contribution in [2.75, 3.05) is 30.5 Å². The molecular weight excluding hydrogens is 320 g/mol. The Kier molecular flexibility index (Phi) is 3.44. The van der Waals surface area contributed by atoms with E-state index in [2.05, 4.69) is 19.9 Å². The van der Waals surface area contributed by atoms with Crippen LogP contribution >= 0.6 is 0 Å². The van der Waals surface area contributed by atoms with Gasteiger partial charge in [-0.2, -0.15) is 4.98 Å². The Morgan fingerprint density at radius 2 is 1.84 bits per heavy atom. The van der Waals surface area contributed by atoms with Gasteiger partial charge in [0, 0.05) is 12.4 Å². The van der Waals surface area contributed by atoms with Crippen LogP contribution in [0.5, 0.6) is 5.88 Å². The molecule has 2 unspecified atom stereocenters. The molecule has 0 saturated carbocycles. The number of nitrogens with two attached hydrogens (primary N) is 1. The monoisotopic (exact) mass is 340 g/mol. The number of aromatic nitrogens is 4. The number of anilines is 2. The van der Waals surface area contributed by atoms with Crippen molar-refractivity contribution in [1.29, 1.82) is 0 Å². The van der Waals surface area contributed by atoms with Crippen molar-refractivity contribution in [2.45, 2.75) is 37.8 Å². The Bertz CT molecular complexity index is 780. The fourth-order valence-electron chi connectivity index (χ4n) is 3.98. The van der Waals surface area contributed by atoms with Gasteiger partial charge in [-0.15, -0.1) is 0 Å². The number of ether oxygens (including phenoxy) is 2. The summed E-state index contributed by atoms with van der Waals surface area (Å²) in [4.78, 5) is 20.1. The molecule has 2 aromatic heterocycles. The molecule has 5 heterocycles. The third kappa shape index (κ3) is 2.48. The first-order chi connectivity index (χ1) is 12.3. The lowest BCUT2D eigenvalue weighted by Gasteiger charge is -2.37. The molecule has 8 nitrogen and oxygen atoms in total. The Labute approximate surface area is 145 Å². The highest BCUT2D eigenvalue weighted by molar-refractivity contribution is 5.63. The van der Waals surface area contributed by atoms with E-state index in [0.29, 0.717) is 30.4 Å². The molecule has 5 rings (SSSR count). The molecular formula is C17H20N6O2. The van der Waals surface area contributed by atoms with Gasteiger partial charge in [0.25, 0.3) is 0 Å². The molecule has 0 amide bonds. The minimum atomic E-state index is 0.240. The van der Waals surface area contributed by atoms with E-state index in [-0.39, 0.29) is 5.95 Å². The largest absolute Gasteiger partial charge is 0.477 e. The van der Waals surface area contributed by atoms with Gasteiger partial charge in [0.1, 0.15) is 5.82 Å². The zero-order valence-corrected chi connectivity index (χ0v) is 13.9. The molecule has 0 aliphatic carbocycles. The van der Waals surface area contributed by atoms with Gasteiger partial charge in [0.15, 0.2) is 5.82 Å². The Balaban J connectivity index is 1.64. The molecule has 0 radical (unpaired) electrons. The van der Waals surface area contributed by atoms with Crippen molar-refractivity contribution in [2.24, 2.45) is 0 Å². The maximum absolute atomic E-state index is 5.86. The number of hydrogen-bond donors (Lipinski definition) is 1. The minimum absolute atomic E-state index is 0.240. The highest BCUT2D eigenvalue weighted by Gasteiger charge is 2.40. The molecule has 0 aromatic carbocycles. The SMILES string of the molecule is Nc1ncc(-c2nc3c(c(N4C5CCC4COC5)n2)CCCO3)cn1. The van der Waals surface area contributed by atoms with Crippen LogP contribution in [-0.2, 0) is 11.2 Å². The molecule has 2 atom stereocenters. The average Bonchev–Trinajstić information content (AvgIpc) is 2.89. The number of rotatable bonds is 2. The van der Waals surface area contributed by atoms with E-state index >= 15 is 0 Å². The molecule has 8 heteroatoms. The lowest BCUT2D eigenvalue weighted by Crippen LogP contribution is -2.47. The highest BCUT2D eigenvalue weighted by atomic mass is 16.5. The molecule has 25 heavy (non-hydrogen) atoms. The maximum atomic E-state index is 5.86. The number of morpholine rings is 1. The Morgan fingerprint density at radius 1 is 1.08 bits per heavy atom. The van der Waals surface area contributed by atoms with Gasteiger partial charge in [0.05, 0.1) is 43.0 Å². The minimum Gasteiger partial charge on any atom is -0.477 e. The number of nitrogen functional groups attached to an aromatic ring is 1. The van der Waals surface area contributed by atoms with Crippen LogP contribution in [0.4, 0.5) is 11.8 Å². The summed E-state index contributed by atoms with van der Waals surface area (Å²) < 4.78 is 11.6. The van der Waals surface area contributed by atoms with Gasteiger partial charge in [0.2, 0.25) is 11.8 Å². The summed E-state index contributed by atoms with van der Waals surface area (Å²) in [5.74, 6) is 2.51. The number of nitrogens with zero attached hydrogens (tertiary/aromatic N) is 5. The van der Waals surface area contributed by atoms with Crippen LogP contribution in [0.3, 0.4) is 0 Å². The first kappa shape index (κ1) is 14.8. The second kappa shape index (κ2) is 5.80. The predicted octanol–water partition coefficient (Wildman–Crippen LogP) is 1.21. The summed E-state index contributed by atoms with van der Waals surface area (Å²) in [5, 5.41) is 0. The maximum Gasteiger partial charge on any atom is 0.222 e. The molecule has 3 aliphatic heterocycles. The van der Waals surface area contributed by atoms with E-state index in [1.54, 1.807) is 12.4 Å². The van der Waals surface area contributed by atoms with Gasteiger partial charge in [-0.1, -0.05) is 0 Å². The van der Waals surface area contributed by atoms with Crippen LogP contribution in [0.1, 0.15) is 24.8 Å². The topological polar surface area (TPSA) is 99.3 Å². The normalized spacial score (nSPS) is 24.7. The average molecular weight is 340 g/mol. The van der Waals surface area contributed by atoms with Gasteiger partial charge in [-0.3, -0.25) is 0 Å². The van der Waals surface area contributed by atoms with Gasteiger partial charge >= 0.3 is 0 Å². The first-order valence-corrected chi connectivity index (χ1v) is 8.77. The Hall–Kier alpha value is -2.48. The number of fused-ring (bicyclic) bond motifs is 3. The zero-order chi connectivity index (χ0) is 16.8. The molecule has 3 aliphatic rings. The second-order valence-corrected chi connectivity index (χ2v) is 6.77. The van der Waals surface area contributed by atoms with Gasteiger partial charge in [-0.25, -0.2) is 15.0 Å². The lowest BCUT2D eigenvalue weighted by atomic mass is 10.1. The van der Waals surface area contributed by atoms with E-state index in [1.807, 2.05) is 0 Å². The van der Waals surface area contributed by atoms with Crippen molar-refractivity contribution in [3.8, 4) is 17.3 Å². The summed E-state index contributed by atoms with van der Waals surface area (Å²) in [6.45, 7) is 2.21. The van der Waals surface area contributed by atoms with Crippen molar-refractivity contribution >= 4 is 11.8 Å². The summed E-state index contributed by atoms with van der Waals surface area (Å²) in [6, 6.07) is 0.769. The summed E-state index contributed by atoms with van der Waals surface area (Å²) in [5.41, 5.74) is 7.46. The standard InChI is InChI=1S/C17H20N6O2/c18-17-19-6-10(7-20-17)14-21-15(13-2-1-5-25-16(13)22-14)23-11-3-4-12(23)9-24-8-11/h6-7,11-12H,1-5,8-9H2,(H2,18,19,20). The van der Waals surface area contributed by atoms with E-state index in [4.69, 9.17) is 20.2 Å². The van der Waals surface area contributed by atoms with E-state index in [0.717, 1.165) is 55.8 Å². The van der Waals surface area contributed by atoms with Crippen molar-refractivity contribution in [1.82, 2.24) is 19.9 Å². The third-order valence-electron chi connectivity index (χ3n) is 5.17. The van der Waals surface area contributed by atoms with Crippen LogP contribution in [0.15, 0.2) is 12.4 Å². The molecule has 2 aromatic rings. The first-order valence-electron chi connectivity index (χ1n) is 8.77. The Morgan fingerprint density at radius 3 is 2.60 bits per heavy atom. The fraction of sp³-hybridized carbons (Fsp3) is 0.529. The quantitative estimate of drug-likeness (QED) is 0.871. The lowest BCUT2D eigenvalue weighted by molar-refractivity contribution is 0.0900.